The molecule has 3 rings (SSSR count). The summed E-state index contributed by atoms with van der Waals surface area (Å²) in [6.07, 6.45) is 1.52. The first kappa shape index (κ1) is 22.2. The lowest BCUT2D eigenvalue weighted by atomic mass is 10.2. The third-order valence-electron chi connectivity index (χ3n) is 5.15. The van der Waals surface area contributed by atoms with Gasteiger partial charge in [-0.05, 0) is 12.1 Å². The van der Waals surface area contributed by atoms with Crippen LogP contribution in [0, 0.1) is 11.3 Å². The first-order valence-corrected chi connectivity index (χ1v) is 11.4. The maximum Gasteiger partial charge on any atom is 0.263 e. The van der Waals surface area contributed by atoms with Crippen molar-refractivity contribution < 1.29 is 17.9 Å². The highest BCUT2D eigenvalue weighted by Crippen LogP contribution is 2.17. The largest absolute Gasteiger partial charge is 0.379 e. The molecule has 1 aromatic rings. The van der Waals surface area contributed by atoms with Gasteiger partial charge in [0.25, 0.3) is 5.91 Å². The molecule has 0 atom stereocenters. The van der Waals surface area contributed by atoms with Gasteiger partial charge in [-0.25, -0.2) is 8.42 Å². The number of rotatable bonds is 7. The standard InChI is InChI=1S/C20H27N5O4S/c21-16-18(20(26)22-6-7-23-12-14-29-15-13-23)17-24-8-10-25(11-9-24)30(27,28)19-4-2-1-3-5-19/h1-5,17H,6-15H2,(H,22,26)/b18-17-. The molecule has 2 aliphatic heterocycles. The van der Waals surface area contributed by atoms with Crippen molar-refractivity contribution in [1.82, 2.24) is 19.4 Å². The number of carbonyl (C=O) groups excluding carboxylic acids is 1. The van der Waals surface area contributed by atoms with Crippen LogP contribution in [0.1, 0.15) is 0 Å². The van der Waals surface area contributed by atoms with Crippen LogP contribution in [0.4, 0.5) is 0 Å². The number of amides is 1. The van der Waals surface area contributed by atoms with Gasteiger partial charge in [0, 0.05) is 58.6 Å². The first-order chi connectivity index (χ1) is 14.5. The molecule has 0 radical (unpaired) electrons. The molecule has 162 valence electrons. The van der Waals surface area contributed by atoms with Crippen molar-refractivity contribution in [2.24, 2.45) is 0 Å². The molecule has 1 aromatic carbocycles. The Morgan fingerprint density at radius 1 is 1.10 bits per heavy atom. The zero-order valence-electron chi connectivity index (χ0n) is 16.9. The molecule has 0 bridgehead atoms. The number of nitrogens with zero attached hydrogens (tertiary/aromatic N) is 4. The van der Waals surface area contributed by atoms with Gasteiger partial charge in [0.2, 0.25) is 10.0 Å². The SMILES string of the molecule is N#C/C(=C/N1CCN(S(=O)(=O)c2ccccc2)CC1)C(=O)NCCN1CCOCC1. The second-order valence-electron chi connectivity index (χ2n) is 7.12. The lowest BCUT2D eigenvalue weighted by Crippen LogP contribution is -2.47. The number of nitriles is 1. The Morgan fingerprint density at radius 3 is 2.40 bits per heavy atom. The number of piperazine rings is 1. The summed E-state index contributed by atoms with van der Waals surface area (Å²) in [5.41, 5.74) is 0.0244. The average molecular weight is 434 g/mol. The normalized spacial score (nSPS) is 19.3. The van der Waals surface area contributed by atoms with Crippen LogP contribution < -0.4 is 5.32 Å². The quantitative estimate of drug-likeness (QED) is 0.471. The average Bonchev–Trinajstić information content (AvgIpc) is 2.79. The number of benzene rings is 1. The molecule has 2 aliphatic rings. The maximum atomic E-state index is 12.7. The zero-order valence-corrected chi connectivity index (χ0v) is 17.7. The molecule has 10 heteroatoms. The van der Waals surface area contributed by atoms with Crippen molar-refractivity contribution in [3.05, 3.63) is 42.1 Å². The summed E-state index contributed by atoms with van der Waals surface area (Å²) < 4.78 is 32.1. The fraction of sp³-hybridized carbons (Fsp3) is 0.500. The number of hydrogen-bond acceptors (Lipinski definition) is 7. The molecular formula is C20H27N5O4S. The van der Waals surface area contributed by atoms with E-state index in [2.05, 4.69) is 10.2 Å². The number of morpholine rings is 1. The van der Waals surface area contributed by atoms with Gasteiger partial charge in [-0.2, -0.15) is 9.57 Å². The Hall–Kier alpha value is -2.45. The minimum absolute atomic E-state index is 0.0244. The summed E-state index contributed by atoms with van der Waals surface area (Å²) in [6.45, 7) is 5.67. The van der Waals surface area contributed by atoms with Gasteiger partial charge in [0.1, 0.15) is 11.6 Å². The number of nitrogens with one attached hydrogen (secondary N) is 1. The topological polar surface area (TPSA) is 106 Å². The second kappa shape index (κ2) is 10.5. The third-order valence-corrected chi connectivity index (χ3v) is 7.06. The van der Waals surface area contributed by atoms with Crippen LogP contribution in [0.2, 0.25) is 0 Å². The van der Waals surface area contributed by atoms with Crippen LogP contribution in [0.3, 0.4) is 0 Å². The Kier molecular flexibility index (Phi) is 7.81. The van der Waals surface area contributed by atoms with Crippen LogP contribution in [0.5, 0.6) is 0 Å². The van der Waals surface area contributed by atoms with Crippen LogP contribution >= 0.6 is 0 Å². The zero-order chi connectivity index (χ0) is 21.4. The van der Waals surface area contributed by atoms with E-state index in [4.69, 9.17) is 4.74 Å². The molecule has 2 fully saturated rings. The maximum absolute atomic E-state index is 12.7. The molecule has 30 heavy (non-hydrogen) atoms. The Bertz CT molecular complexity index is 884. The van der Waals surface area contributed by atoms with Gasteiger partial charge in [0.05, 0.1) is 18.1 Å². The molecule has 0 saturated carbocycles. The third kappa shape index (κ3) is 5.79. The van der Waals surface area contributed by atoms with E-state index in [9.17, 15) is 18.5 Å². The first-order valence-electron chi connectivity index (χ1n) is 10.00. The van der Waals surface area contributed by atoms with E-state index < -0.39 is 15.9 Å². The van der Waals surface area contributed by atoms with Gasteiger partial charge >= 0.3 is 0 Å². The fourth-order valence-electron chi connectivity index (χ4n) is 3.38. The van der Waals surface area contributed by atoms with Gasteiger partial charge < -0.3 is 15.0 Å². The predicted octanol–water partition coefficient (Wildman–Crippen LogP) is -0.151. The molecular weight excluding hydrogens is 406 g/mol. The Morgan fingerprint density at radius 2 is 1.77 bits per heavy atom. The summed E-state index contributed by atoms with van der Waals surface area (Å²) >= 11 is 0. The van der Waals surface area contributed by atoms with E-state index in [1.807, 2.05) is 11.0 Å². The van der Waals surface area contributed by atoms with Crippen molar-refractivity contribution in [2.45, 2.75) is 4.90 Å². The highest BCUT2D eigenvalue weighted by molar-refractivity contribution is 7.89. The van der Waals surface area contributed by atoms with E-state index >= 15 is 0 Å². The summed E-state index contributed by atoms with van der Waals surface area (Å²) in [4.78, 5) is 16.6. The van der Waals surface area contributed by atoms with E-state index in [1.54, 1.807) is 30.3 Å². The molecule has 9 nitrogen and oxygen atoms in total. The lowest BCUT2D eigenvalue weighted by Gasteiger charge is -2.33. The van der Waals surface area contributed by atoms with Gasteiger partial charge in [0.15, 0.2) is 0 Å². The molecule has 2 heterocycles. The molecule has 2 saturated heterocycles. The molecule has 0 aliphatic carbocycles. The molecule has 0 unspecified atom stereocenters. The van der Waals surface area contributed by atoms with Crippen molar-refractivity contribution in [2.75, 3.05) is 65.6 Å². The van der Waals surface area contributed by atoms with E-state index in [1.165, 1.54) is 10.5 Å². The monoisotopic (exact) mass is 433 g/mol. The molecule has 1 amide bonds. The number of carbonyl (C=O) groups is 1. The van der Waals surface area contributed by atoms with Gasteiger partial charge in [-0.15, -0.1) is 0 Å². The second-order valence-corrected chi connectivity index (χ2v) is 9.06. The van der Waals surface area contributed by atoms with Crippen LogP contribution in [-0.2, 0) is 19.6 Å². The minimum atomic E-state index is -3.53. The van der Waals surface area contributed by atoms with Crippen molar-refractivity contribution >= 4 is 15.9 Å². The summed E-state index contributed by atoms with van der Waals surface area (Å²) in [7, 11) is -3.53. The van der Waals surface area contributed by atoms with E-state index in [0.717, 1.165) is 13.1 Å². The predicted molar refractivity (Wildman–Crippen MR) is 111 cm³/mol. The molecule has 0 aromatic heterocycles. The van der Waals surface area contributed by atoms with Crippen LogP contribution in [0.25, 0.3) is 0 Å². The fourth-order valence-corrected chi connectivity index (χ4v) is 4.83. The molecule has 1 N–H and O–H groups in total. The number of sulfonamides is 1. The molecule has 0 spiro atoms. The van der Waals surface area contributed by atoms with Gasteiger partial charge in [-0.3, -0.25) is 9.69 Å². The Labute approximate surface area is 177 Å². The van der Waals surface area contributed by atoms with Crippen LogP contribution in [0.15, 0.2) is 47.0 Å². The van der Waals surface area contributed by atoms with E-state index in [0.29, 0.717) is 52.5 Å². The highest BCUT2D eigenvalue weighted by Gasteiger charge is 2.28. The Balaban J connectivity index is 1.50. The van der Waals surface area contributed by atoms with Gasteiger partial charge in [-0.1, -0.05) is 18.2 Å². The van der Waals surface area contributed by atoms with E-state index in [-0.39, 0.29) is 10.5 Å². The highest BCUT2D eigenvalue weighted by atomic mass is 32.2. The van der Waals surface area contributed by atoms with Crippen molar-refractivity contribution in [1.29, 1.82) is 5.26 Å². The number of ether oxygens (including phenoxy) is 1. The van der Waals surface area contributed by atoms with Crippen molar-refractivity contribution in [3.8, 4) is 6.07 Å². The summed E-state index contributed by atoms with van der Waals surface area (Å²) in [5.74, 6) is -0.412. The lowest BCUT2D eigenvalue weighted by molar-refractivity contribution is -0.117. The minimum Gasteiger partial charge on any atom is -0.379 e. The summed E-state index contributed by atoms with van der Waals surface area (Å²) in [5, 5.41) is 12.1. The van der Waals surface area contributed by atoms with Crippen molar-refractivity contribution in [3.63, 3.8) is 0 Å². The summed E-state index contributed by atoms with van der Waals surface area (Å²) in [6, 6.07) is 10.3. The smallest absolute Gasteiger partial charge is 0.263 e. The van der Waals surface area contributed by atoms with Crippen LogP contribution in [-0.4, -0.2) is 94.0 Å². The number of hydrogen-bond donors (Lipinski definition) is 1.